The number of aliphatic hydroxyl groups is 1. The molecule has 3 unspecified atom stereocenters. The van der Waals surface area contributed by atoms with Crippen molar-refractivity contribution in [2.45, 2.75) is 52.4 Å². The predicted octanol–water partition coefficient (Wildman–Crippen LogP) is 2.51. The van der Waals surface area contributed by atoms with Gasteiger partial charge in [-0.25, -0.2) is 0 Å². The van der Waals surface area contributed by atoms with Gasteiger partial charge in [0, 0.05) is 6.54 Å². The lowest BCUT2D eigenvalue weighted by atomic mass is 9.88. The molecule has 0 fully saturated rings. The van der Waals surface area contributed by atoms with E-state index in [1.54, 1.807) is 13.8 Å². The summed E-state index contributed by atoms with van der Waals surface area (Å²) < 4.78 is 5.55. The Kier molecular flexibility index (Phi) is 6.85. The molecule has 3 atom stereocenters. The first-order chi connectivity index (χ1) is 9.86. The second-order valence-corrected chi connectivity index (χ2v) is 5.82. The highest BCUT2D eigenvalue weighted by Gasteiger charge is 2.28. The molecule has 1 amide bonds. The monoisotopic (exact) mass is 293 g/mol. The van der Waals surface area contributed by atoms with Crippen molar-refractivity contribution < 1.29 is 14.6 Å². The number of ether oxygens (including phenoxy) is 1. The molecule has 1 aromatic rings. The Morgan fingerprint density at radius 3 is 2.52 bits per heavy atom. The third-order valence-electron chi connectivity index (χ3n) is 4.01. The number of amides is 1. The van der Waals surface area contributed by atoms with Crippen LogP contribution < -0.4 is 5.32 Å². The number of carbonyl (C=O) groups is 1. The topological polar surface area (TPSA) is 58.6 Å². The van der Waals surface area contributed by atoms with E-state index in [0.717, 1.165) is 12.0 Å². The molecule has 1 aromatic carbocycles. The van der Waals surface area contributed by atoms with Gasteiger partial charge in [-0.3, -0.25) is 4.79 Å². The summed E-state index contributed by atoms with van der Waals surface area (Å²) in [5.74, 6) is -0.0761. The fraction of sp³-hybridized carbons (Fsp3) is 0.588. The van der Waals surface area contributed by atoms with Crippen LogP contribution in [0.3, 0.4) is 0 Å². The number of hydrogen-bond acceptors (Lipinski definition) is 3. The zero-order valence-corrected chi connectivity index (χ0v) is 13.4. The third-order valence-corrected chi connectivity index (χ3v) is 4.01. The van der Waals surface area contributed by atoms with Crippen molar-refractivity contribution in [2.24, 2.45) is 5.92 Å². The number of carbonyl (C=O) groups excluding carboxylic acids is 1. The Morgan fingerprint density at radius 2 is 1.95 bits per heavy atom. The summed E-state index contributed by atoms with van der Waals surface area (Å²) in [4.78, 5) is 12.0. The summed E-state index contributed by atoms with van der Waals surface area (Å²) in [7, 11) is 0. The van der Waals surface area contributed by atoms with E-state index in [1.165, 1.54) is 0 Å². The average molecular weight is 293 g/mol. The van der Waals surface area contributed by atoms with E-state index < -0.39 is 11.7 Å². The number of hydrogen-bond donors (Lipinski definition) is 2. The lowest BCUT2D eigenvalue weighted by Gasteiger charge is -2.30. The predicted molar refractivity (Wildman–Crippen MR) is 83.8 cm³/mol. The van der Waals surface area contributed by atoms with Gasteiger partial charge in [0.2, 0.25) is 5.91 Å². The summed E-state index contributed by atoms with van der Waals surface area (Å²) in [6.07, 6.45) is 0.320. The largest absolute Gasteiger partial charge is 0.388 e. The van der Waals surface area contributed by atoms with Crippen LogP contribution in [-0.2, 0) is 16.1 Å². The molecular formula is C17H27NO3. The number of rotatable bonds is 8. The molecule has 0 saturated carbocycles. The fourth-order valence-electron chi connectivity index (χ4n) is 1.89. The second kappa shape index (κ2) is 8.15. The first-order valence-corrected chi connectivity index (χ1v) is 7.52. The molecule has 0 aliphatic carbocycles. The van der Waals surface area contributed by atoms with Crippen molar-refractivity contribution in [3.8, 4) is 0 Å². The number of benzene rings is 1. The molecule has 0 bridgehead atoms. The van der Waals surface area contributed by atoms with Gasteiger partial charge in [-0.05, 0) is 25.3 Å². The zero-order chi connectivity index (χ0) is 15.9. The molecule has 0 aromatic heterocycles. The molecule has 0 saturated heterocycles. The van der Waals surface area contributed by atoms with Gasteiger partial charge in [0.1, 0.15) is 6.10 Å². The lowest BCUT2D eigenvalue weighted by Crippen LogP contribution is -2.47. The second-order valence-electron chi connectivity index (χ2n) is 5.82. The highest BCUT2D eigenvalue weighted by atomic mass is 16.5. The molecule has 21 heavy (non-hydrogen) atoms. The summed E-state index contributed by atoms with van der Waals surface area (Å²) in [6, 6.07) is 9.73. The van der Waals surface area contributed by atoms with Gasteiger partial charge in [0.15, 0.2) is 0 Å². The van der Waals surface area contributed by atoms with Crippen LogP contribution in [-0.4, -0.2) is 29.3 Å². The quantitative estimate of drug-likeness (QED) is 0.774. The van der Waals surface area contributed by atoms with Crippen LogP contribution in [0.2, 0.25) is 0 Å². The summed E-state index contributed by atoms with van der Waals surface area (Å²) in [6.45, 7) is 8.10. The van der Waals surface area contributed by atoms with E-state index in [4.69, 9.17) is 4.74 Å². The van der Waals surface area contributed by atoms with E-state index in [1.807, 2.05) is 44.2 Å². The minimum Gasteiger partial charge on any atom is -0.388 e. The Labute approximate surface area is 127 Å². The first-order valence-electron chi connectivity index (χ1n) is 7.52. The van der Waals surface area contributed by atoms with E-state index in [-0.39, 0.29) is 18.4 Å². The molecule has 4 nitrogen and oxygen atoms in total. The average Bonchev–Trinajstić information content (AvgIpc) is 2.50. The van der Waals surface area contributed by atoms with E-state index in [0.29, 0.717) is 6.61 Å². The van der Waals surface area contributed by atoms with Crippen LogP contribution >= 0.6 is 0 Å². The van der Waals surface area contributed by atoms with Crippen molar-refractivity contribution in [2.75, 3.05) is 6.54 Å². The van der Waals surface area contributed by atoms with Crippen molar-refractivity contribution >= 4 is 5.91 Å². The van der Waals surface area contributed by atoms with E-state index in [9.17, 15) is 9.90 Å². The Balaban J connectivity index is 2.38. The first kappa shape index (κ1) is 17.7. The summed E-state index contributed by atoms with van der Waals surface area (Å²) >= 11 is 0. The maximum absolute atomic E-state index is 12.0. The molecule has 0 aliphatic heterocycles. The summed E-state index contributed by atoms with van der Waals surface area (Å²) in [5, 5.41) is 13.0. The molecule has 2 N–H and O–H groups in total. The minimum absolute atomic E-state index is 0.123. The molecule has 4 heteroatoms. The van der Waals surface area contributed by atoms with Crippen LogP contribution in [0.1, 0.15) is 39.7 Å². The van der Waals surface area contributed by atoms with Crippen molar-refractivity contribution in [1.82, 2.24) is 5.32 Å². The molecule has 0 heterocycles. The van der Waals surface area contributed by atoms with Crippen LogP contribution in [0.5, 0.6) is 0 Å². The highest BCUT2D eigenvalue weighted by molar-refractivity contribution is 5.80. The Bertz CT molecular complexity index is 431. The standard InChI is InChI=1S/C17H27NO3/c1-5-13(2)17(4,20)12-18-16(19)14(3)21-11-15-9-7-6-8-10-15/h6-10,13-14,20H,5,11-12H2,1-4H3,(H,18,19). The van der Waals surface area contributed by atoms with Crippen LogP contribution in [0.4, 0.5) is 0 Å². The molecular weight excluding hydrogens is 266 g/mol. The van der Waals surface area contributed by atoms with Gasteiger partial charge in [-0.1, -0.05) is 50.6 Å². The van der Waals surface area contributed by atoms with E-state index >= 15 is 0 Å². The van der Waals surface area contributed by atoms with Gasteiger partial charge < -0.3 is 15.2 Å². The number of nitrogens with one attached hydrogen (secondary N) is 1. The van der Waals surface area contributed by atoms with Crippen molar-refractivity contribution in [3.63, 3.8) is 0 Å². The highest BCUT2D eigenvalue weighted by Crippen LogP contribution is 2.18. The zero-order valence-electron chi connectivity index (χ0n) is 13.4. The van der Waals surface area contributed by atoms with Gasteiger partial charge in [-0.15, -0.1) is 0 Å². The molecule has 0 aliphatic rings. The Hall–Kier alpha value is -1.39. The van der Waals surface area contributed by atoms with E-state index in [2.05, 4.69) is 5.32 Å². The minimum atomic E-state index is -0.899. The molecule has 1 rings (SSSR count). The van der Waals surface area contributed by atoms with Crippen LogP contribution in [0.15, 0.2) is 30.3 Å². The van der Waals surface area contributed by atoms with Gasteiger partial charge in [0.25, 0.3) is 0 Å². The van der Waals surface area contributed by atoms with Crippen molar-refractivity contribution in [1.29, 1.82) is 0 Å². The Morgan fingerprint density at radius 1 is 1.33 bits per heavy atom. The van der Waals surface area contributed by atoms with Crippen molar-refractivity contribution in [3.05, 3.63) is 35.9 Å². The van der Waals surface area contributed by atoms with Gasteiger partial charge >= 0.3 is 0 Å². The summed E-state index contributed by atoms with van der Waals surface area (Å²) in [5.41, 5.74) is 0.132. The van der Waals surface area contributed by atoms with Crippen LogP contribution in [0.25, 0.3) is 0 Å². The SMILES string of the molecule is CCC(C)C(C)(O)CNC(=O)C(C)OCc1ccccc1. The third kappa shape index (κ3) is 5.86. The normalized spacial score (nSPS) is 16.8. The van der Waals surface area contributed by atoms with Gasteiger partial charge in [-0.2, -0.15) is 0 Å². The smallest absolute Gasteiger partial charge is 0.248 e. The molecule has 118 valence electrons. The van der Waals surface area contributed by atoms with Crippen LogP contribution in [0, 0.1) is 5.92 Å². The maximum Gasteiger partial charge on any atom is 0.248 e. The maximum atomic E-state index is 12.0. The lowest BCUT2D eigenvalue weighted by molar-refractivity contribution is -0.134. The molecule has 0 radical (unpaired) electrons. The van der Waals surface area contributed by atoms with Gasteiger partial charge in [0.05, 0.1) is 12.2 Å². The molecule has 0 spiro atoms. The fourth-order valence-corrected chi connectivity index (χ4v) is 1.89.